The summed E-state index contributed by atoms with van der Waals surface area (Å²) in [6.45, 7) is 2.29. The van der Waals surface area contributed by atoms with Gasteiger partial charge < -0.3 is 10.6 Å². The van der Waals surface area contributed by atoms with Crippen LogP contribution in [0.2, 0.25) is 0 Å². The highest BCUT2D eigenvalue weighted by molar-refractivity contribution is 5.82. The molecule has 4 nitrogen and oxygen atoms in total. The molecule has 1 aromatic rings. The number of carbonyl (C=O) groups excluding carboxylic acids is 1. The first kappa shape index (κ1) is 13.9. The van der Waals surface area contributed by atoms with Crippen molar-refractivity contribution in [2.24, 2.45) is 0 Å². The number of benzene rings is 1. The van der Waals surface area contributed by atoms with E-state index in [1.54, 1.807) is 0 Å². The van der Waals surface area contributed by atoms with E-state index >= 15 is 0 Å². The fourth-order valence-electron chi connectivity index (χ4n) is 2.06. The molecule has 1 atom stereocenters. The Hall–Kier alpha value is -1.53. The van der Waals surface area contributed by atoms with E-state index in [0.717, 1.165) is 19.2 Å². The first-order valence-electron chi connectivity index (χ1n) is 6.20. The summed E-state index contributed by atoms with van der Waals surface area (Å²) in [7, 11) is 1.88. The zero-order valence-electron chi connectivity index (χ0n) is 10.7. The van der Waals surface area contributed by atoms with Crippen molar-refractivity contribution in [3.8, 4) is 0 Å². The van der Waals surface area contributed by atoms with Crippen molar-refractivity contribution < 1.29 is 13.6 Å². The molecule has 0 aliphatic carbocycles. The van der Waals surface area contributed by atoms with Crippen LogP contribution in [0.3, 0.4) is 0 Å². The Balaban J connectivity index is 1.92. The minimum absolute atomic E-state index is 0.0648. The lowest BCUT2D eigenvalue weighted by Crippen LogP contribution is -2.56. The number of rotatable bonds is 3. The molecule has 2 N–H and O–H groups in total. The first-order valence-corrected chi connectivity index (χ1v) is 6.20. The molecule has 1 aliphatic heterocycles. The lowest BCUT2D eigenvalue weighted by atomic mass is 10.1. The van der Waals surface area contributed by atoms with E-state index in [1.165, 1.54) is 12.1 Å². The maximum atomic E-state index is 13.4. The maximum absolute atomic E-state index is 13.4. The number of amides is 1. The predicted molar refractivity (Wildman–Crippen MR) is 67.5 cm³/mol. The number of hydrogen-bond acceptors (Lipinski definition) is 3. The third kappa shape index (κ3) is 3.48. The van der Waals surface area contributed by atoms with Gasteiger partial charge in [-0.25, -0.2) is 8.78 Å². The standard InChI is InChI=1S/C13H17F2N3O/c1-18-5-4-16-8-12(18)13(19)17-7-9-2-3-10(14)6-11(9)15/h2-3,6,12,16H,4-5,7-8H2,1H3,(H,17,19). The van der Waals surface area contributed by atoms with Crippen molar-refractivity contribution >= 4 is 5.91 Å². The summed E-state index contributed by atoms with van der Waals surface area (Å²) in [4.78, 5) is 13.9. The van der Waals surface area contributed by atoms with Crippen LogP contribution >= 0.6 is 0 Å². The van der Waals surface area contributed by atoms with Crippen molar-refractivity contribution in [1.82, 2.24) is 15.5 Å². The van der Waals surface area contributed by atoms with Gasteiger partial charge in [0.1, 0.15) is 17.7 Å². The van der Waals surface area contributed by atoms with Gasteiger partial charge in [0, 0.05) is 37.8 Å². The molecule has 0 bridgehead atoms. The second kappa shape index (κ2) is 6.08. The molecule has 1 heterocycles. The van der Waals surface area contributed by atoms with Crippen LogP contribution in [0.1, 0.15) is 5.56 Å². The number of nitrogens with zero attached hydrogens (tertiary/aromatic N) is 1. The SMILES string of the molecule is CN1CCNCC1C(=O)NCc1ccc(F)cc1F. The van der Waals surface area contributed by atoms with Gasteiger partial charge >= 0.3 is 0 Å². The number of carbonyl (C=O) groups is 1. The molecule has 1 aromatic carbocycles. The molecule has 19 heavy (non-hydrogen) atoms. The van der Waals surface area contributed by atoms with E-state index in [2.05, 4.69) is 10.6 Å². The molecule has 0 saturated carbocycles. The lowest BCUT2D eigenvalue weighted by Gasteiger charge is -2.31. The zero-order valence-corrected chi connectivity index (χ0v) is 10.7. The van der Waals surface area contributed by atoms with Gasteiger partial charge in [-0.1, -0.05) is 6.07 Å². The van der Waals surface area contributed by atoms with Gasteiger partial charge in [-0.3, -0.25) is 9.69 Å². The Morgan fingerprint density at radius 3 is 3.00 bits per heavy atom. The monoisotopic (exact) mass is 269 g/mol. The number of nitrogens with one attached hydrogen (secondary N) is 2. The molecule has 0 aromatic heterocycles. The van der Waals surface area contributed by atoms with Crippen molar-refractivity contribution in [2.45, 2.75) is 12.6 Å². The molecule has 0 spiro atoms. The van der Waals surface area contributed by atoms with Crippen molar-refractivity contribution in [2.75, 3.05) is 26.7 Å². The van der Waals surface area contributed by atoms with E-state index in [0.29, 0.717) is 6.54 Å². The molecule has 1 saturated heterocycles. The number of halogens is 2. The molecule has 1 aliphatic rings. The minimum atomic E-state index is -0.643. The summed E-state index contributed by atoms with van der Waals surface area (Å²) < 4.78 is 26.2. The fourth-order valence-corrected chi connectivity index (χ4v) is 2.06. The quantitative estimate of drug-likeness (QED) is 0.839. The van der Waals surface area contributed by atoms with E-state index in [-0.39, 0.29) is 24.1 Å². The molecule has 1 unspecified atom stereocenters. The third-order valence-electron chi connectivity index (χ3n) is 3.28. The highest BCUT2D eigenvalue weighted by atomic mass is 19.1. The van der Waals surface area contributed by atoms with E-state index in [9.17, 15) is 13.6 Å². The summed E-state index contributed by atoms with van der Waals surface area (Å²) in [6, 6.07) is 3.08. The summed E-state index contributed by atoms with van der Waals surface area (Å²) in [5.74, 6) is -1.42. The second-order valence-corrected chi connectivity index (χ2v) is 4.65. The Bertz CT molecular complexity index is 467. The average Bonchev–Trinajstić information content (AvgIpc) is 2.38. The predicted octanol–water partition coefficient (Wildman–Crippen LogP) is 0.485. The third-order valence-corrected chi connectivity index (χ3v) is 3.28. The van der Waals surface area contributed by atoms with Crippen LogP contribution in [0.25, 0.3) is 0 Å². The van der Waals surface area contributed by atoms with E-state index in [1.807, 2.05) is 11.9 Å². The molecule has 104 valence electrons. The van der Waals surface area contributed by atoms with Gasteiger partial charge in [0.2, 0.25) is 5.91 Å². The molecule has 2 rings (SSSR count). The van der Waals surface area contributed by atoms with Crippen LogP contribution < -0.4 is 10.6 Å². The number of likely N-dealkylation sites (N-methyl/N-ethyl adjacent to an activating group) is 1. The Labute approximate surface area is 110 Å². The van der Waals surface area contributed by atoms with Gasteiger partial charge in [-0.05, 0) is 13.1 Å². The van der Waals surface area contributed by atoms with Crippen molar-refractivity contribution in [1.29, 1.82) is 0 Å². The molecule has 0 radical (unpaired) electrons. The average molecular weight is 269 g/mol. The molecule has 1 amide bonds. The summed E-state index contributed by atoms with van der Waals surface area (Å²) in [5, 5.41) is 5.81. The van der Waals surface area contributed by atoms with Gasteiger partial charge in [0.15, 0.2) is 0 Å². The van der Waals surface area contributed by atoms with Gasteiger partial charge in [-0.2, -0.15) is 0 Å². The first-order chi connectivity index (χ1) is 9.08. The van der Waals surface area contributed by atoms with Gasteiger partial charge in [-0.15, -0.1) is 0 Å². The summed E-state index contributed by atoms with van der Waals surface area (Å²) in [6.07, 6.45) is 0. The fraction of sp³-hybridized carbons (Fsp3) is 0.462. The Kier molecular flexibility index (Phi) is 4.44. The van der Waals surface area contributed by atoms with Crippen LogP contribution in [0.15, 0.2) is 18.2 Å². The minimum Gasteiger partial charge on any atom is -0.351 e. The number of hydrogen-bond donors (Lipinski definition) is 2. The zero-order chi connectivity index (χ0) is 13.8. The Morgan fingerprint density at radius 1 is 1.53 bits per heavy atom. The van der Waals surface area contributed by atoms with E-state index < -0.39 is 11.6 Å². The normalized spacial score (nSPS) is 20.3. The second-order valence-electron chi connectivity index (χ2n) is 4.65. The smallest absolute Gasteiger partial charge is 0.238 e. The summed E-state index contributed by atoms with van der Waals surface area (Å²) in [5.41, 5.74) is 0.279. The van der Waals surface area contributed by atoms with Gasteiger partial charge in [0.25, 0.3) is 0 Å². The highest BCUT2D eigenvalue weighted by Gasteiger charge is 2.25. The van der Waals surface area contributed by atoms with Gasteiger partial charge in [0.05, 0.1) is 0 Å². The topological polar surface area (TPSA) is 44.4 Å². The number of piperazine rings is 1. The highest BCUT2D eigenvalue weighted by Crippen LogP contribution is 2.09. The van der Waals surface area contributed by atoms with E-state index in [4.69, 9.17) is 0 Å². The molecule has 6 heteroatoms. The van der Waals surface area contributed by atoms with Crippen molar-refractivity contribution in [3.05, 3.63) is 35.4 Å². The van der Waals surface area contributed by atoms with Crippen LogP contribution in [-0.4, -0.2) is 43.5 Å². The largest absolute Gasteiger partial charge is 0.351 e. The summed E-state index contributed by atoms with van der Waals surface area (Å²) >= 11 is 0. The molecular weight excluding hydrogens is 252 g/mol. The molecular formula is C13H17F2N3O. The molecule has 1 fully saturated rings. The maximum Gasteiger partial charge on any atom is 0.238 e. The Morgan fingerprint density at radius 2 is 2.32 bits per heavy atom. The van der Waals surface area contributed by atoms with Crippen LogP contribution in [-0.2, 0) is 11.3 Å². The van der Waals surface area contributed by atoms with Crippen LogP contribution in [0.4, 0.5) is 8.78 Å². The van der Waals surface area contributed by atoms with Crippen molar-refractivity contribution in [3.63, 3.8) is 0 Å². The van der Waals surface area contributed by atoms with Crippen LogP contribution in [0, 0.1) is 11.6 Å². The lowest BCUT2D eigenvalue weighted by molar-refractivity contribution is -0.126. The van der Waals surface area contributed by atoms with Crippen LogP contribution in [0.5, 0.6) is 0 Å².